The summed E-state index contributed by atoms with van der Waals surface area (Å²) in [5.41, 5.74) is 3.26. The maximum atomic E-state index is 13.7. The van der Waals surface area contributed by atoms with Crippen LogP contribution in [0.4, 0.5) is 0 Å². The van der Waals surface area contributed by atoms with E-state index in [-0.39, 0.29) is 11.9 Å². The summed E-state index contributed by atoms with van der Waals surface area (Å²) < 4.78 is 17.2. The van der Waals surface area contributed by atoms with Crippen LogP contribution in [0.25, 0.3) is 0 Å². The Balaban J connectivity index is 1.77. The Hall–Kier alpha value is -3.32. The number of amides is 1. The first-order chi connectivity index (χ1) is 15.5. The number of hydrazone groups is 1. The lowest BCUT2D eigenvalue weighted by Crippen LogP contribution is -2.27. The summed E-state index contributed by atoms with van der Waals surface area (Å²) in [5, 5.41) is 6.29. The molecule has 3 aromatic carbocycles. The van der Waals surface area contributed by atoms with Gasteiger partial charge in [-0.2, -0.15) is 5.10 Å². The number of carbonyl (C=O) groups excluding carboxylic acids is 1. The zero-order valence-corrected chi connectivity index (χ0v) is 19.6. The summed E-state index contributed by atoms with van der Waals surface area (Å²) in [6.45, 7) is 0. The molecule has 0 radical (unpaired) electrons. The van der Waals surface area contributed by atoms with Crippen LogP contribution in [0.1, 0.15) is 33.9 Å². The van der Waals surface area contributed by atoms with Gasteiger partial charge in [-0.1, -0.05) is 58.4 Å². The fourth-order valence-corrected chi connectivity index (χ4v) is 4.05. The highest BCUT2D eigenvalue weighted by Gasteiger charge is 2.34. The molecule has 3 aromatic rings. The molecule has 0 bridgehead atoms. The highest BCUT2D eigenvalue weighted by Crippen LogP contribution is 2.40. The second-order valence-corrected chi connectivity index (χ2v) is 8.16. The highest BCUT2D eigenvalue weighted by atomic mass is 79.9. The Kier molecular flexibility index (Phi) is 6.46. The minimum absolute atomic E-state index is 0.232. The molecule has 32 heavy (non-hydrogen) atoms. The molecule has 0 N–H and O–H groups in total. The van der Waals surface area contributed by atoms with Gasteiger partial charge in [-0.3, -0.25) is 4.79 Å². The number of hydrogen-bond donors (Lipinski definition) is 0. The molecule has 1 heterocycles. The third-order valence-electron chi connectivity index (χ3n) is 5.39. The summed E-state index contributed by atoms with van der Waals surface area (Å²) in [4.78, 5) is 13.7. The lowest BCUT2D eigenvalue weighted by atomic mass is 9.98. The lowest BCUT2D eigenvalue weighted by molar-refractivity contribution is 0.0710. The molecule has 0 fully saturated rings. The third kappa shape index (κ3) is 4.21. The molecule has 1 aliphatic rings. The normalized spacial score (nSPS) is 15.3. The van der Waals surface area contributed by atoms with Gasteiger partial charge in [-0.25, -0.2) is 5.01 Å². The topological polar surface area (TPSA) is 60.4 Å². The summed E-state index contributed by atoms with van der Waals surface area (Å²) in [6.07, 6.45) is 0.613. The van der Waals surface area contributed by atoms with Crippen molar-refractivity contribution >= 4 is 27.5 Å². The predicted octanol–water partition coefficient (Wildman–Crippen LogP) is 5.47. The number of nitrogens with zero attached hydrogens (tertiary/aromatic N) is 2. The van der Waals surface area contributed by atoms with Gasteiger partial charge < -0.3 is 14.2 Å². The summed E-state index contributed by atoms with van der Waals surface area (Å²) in [6, 6.07) is 20.9. The van der Waals surface area contributed by atoms with Crippen molar-refractivity contribution in [3.05, 3.63) is 87.9 Å². The van der Waals surface area contributed by atoms with E-state index in [1.54, 1.807) is 17.1 Å². The molecule has 164 valence electrons. The summed E-state index contributed by atoms with van der Waals surface area (Å²) >= 11 is 3.48. The van der Waals surface area contributed by atoms with Gasteiger partial charge in [0, 0.05) is 16.5 Å². The van der Waals surface area contributed by atoms with Crippen LogP contribution in [-0.4, -0.2) is 38.0 Å². The molecule has 1 amide bonds. The van der Waals surface area contributed by atoms with Crippen LogP contribution in [0.5, 0.6) is 17.2 Å². The molecule has 0 saturated heterocycles. The largest absolute Gasteiger partial charge is 0.493 e. The Morgan fingerprint density at radius 3 is 2.12 bits per heavy atom. The second-order valence-electron chi connectivity index (χ2n) is 7.25. The molecular weight excluding hydrogens is 472 g/mol. The quantitative estimate of drug-likeness (QED) is 0.456. The Labute approximate surface area is 195 Å². The van der Waals surface area contributed by atoms with Crippen molar-refractivity contribution in [1.82, 2.24) is 5.01 Å². The van der Waals surface area contributed by atoms with Crippen molar-refractivity contribution in [3.63, 3.8) is 0 Å². The molecule has 0 saturated carbocycles. The van der Waals surface area contributed by atoms with E-state index in [1.165, 1.54) is 21.3 Å². The van der Waals surface area contributed by atoms with Crippen molar-refractivity contribution in [2.45, 2.75) is 12.5 Å². The SMILES string of the molecule is COc1cc(C(=O)N2N=C(c3ccccc3)CC2c2ccc(Br)cc2)cc(OC)c1OC. The molecule has 6 nitrogen and oxygen atoms in total. The van der Waals surface area contributed by atoms with Gasteiger partial charge >= 0.3 is 0 Å². The van der Waals surface area contributed by atoms with Gasteiger partial charge in [-0.15, -0.1) is 0 Å². The smallest absolute Gasteiger partial charge is 0.274 e. The van der Waals surface area contributed by atoms with Crippen molar-refractivity contribution in [1.29, 1.82) is 0 Å². The molecule has 0 aromatic heterocycles. The molecule has 0 spiro atoms. The maximum absolute atomic E-state index is 13.7. The average molecular weight is 495 g/mol. The first kappa shape index (κ1) is 21.9. The van der Waals surface area contributed by atoms with E-state index in [0.29, 0.717) is 29.2 Å². The van der Waals surface area contributed by atoms with Gasteiger partial charge in [0.15, 0.2) is 11.5 Å². The van der Waals surface area contributed by atoms with Crippen molar-refractivity contribution in [2.24, 2.45) is 5.10 Å². The number of methoxy groups -OCH3 is 3. The van der Waals surface area contributed by atoms with E-state index in [9.17, 15) is 4.79 Å². The highest BCUT2D eigenvalue weighted by molar-refractivity contribution is 9.10. The summed E-state index contributed by atoms with van der Waals surface area (Å²) in [5.74, 6) is 1.03. The minimum Gasteiger partial charge on any atom is -0.493 e. The van der Waals surface area contributed by atoms with Gasteiger partial charge in [-0.05, 0) is 35.4 Å². The van der Waals surface area contributed by atoms with E-state index in [4.69, 9.17) is 19.3 Å². The van der Waals surface area contributed by atoms with Gasteiger partial charge in [0.2, 0.25) is 5.75 Å². The Bertz CT molecular complexity index is 1120. The van der Waals surface area contributed by atoms with Crippen LogP contribution in [0, 0.1) is 0 Å². The maximum Gasteiger partial charge on any atom is 0.274 e. The minimum atomic E-state index is -0.247. The van der Waals surface area contributed by atoms with E-state index >= 15 is 0 Å². The van der Waals surface area contributed by atoms with Crippen molar-refractivity contribution in [2.75, 3.05) is 21.3 Å². The first-order valence-corrected chi connectivity index (χ1v) is 10.9. The monoisotopic (exact) mass is 494 g/mol. The van der Waals surface area contributed by atoms with Crippen LogP contribution in [0.2, 0.25) is 0 Å². The van der Waals surface area contributed by atoms with Gasteiger partial charge in [0.25, 0.3) is 5.91 Å². The molecule has 1 aliphatic heterocycles. The third-order valence-corrected chi connectivity index (χ3v) is 5.92. The number of hydrogen-bond acceptors (Lipinski definition) is 5. The van der Waals surface area contributed by atoms with Crippen LogP contribution in [-0.2, 0) is 0 Å². The predicted molar refractivity (Wildman–Crippen MR) is 127 cm³/mol. The number of benzene rings is 3. The Morgan fingerprint density at radius 2 is 1.56 bits per heavy atom. The zero-order chi connectivity index (χ0) is 22.7. The van der Waals surface area contributed by atoms with Crippen molar-refractivity contribution in [3.8, 4) is 17.2 Å². The fraction of sp³-hybridized carbons (Fsp3) is 0.200. The molecule has 1 atom stereocenters. The molecular formula is C25H23BrN2O4. The lowest BCUT2D eigenvalue weighted by Gasteiger charge is -2.23. The number of carbonyl (C=O) groups is 1. The summed E-state index contributed by atoms with van der Waals surface area (Å²) in [7, 11) is 4.58. The second kappa shape index (κ2) is 9.44. The number of rotatable bonds is 6. The molecule has 0 aliphatic carbocycles. The molecule has 4 rings (SSSR count). The number of halogens is 1. The molecule has 1 unspecified atom stereocenters. The van der Waals surface area contributed by atoms with E-state index < -0.39 is 0 Å². The van der Waals surface area contributed by atoms with Crippen LogP contribution < -0.4 is 14.2 Å². The van der Waals surface area contributed by atoms with E-state index in [1.807, 2.05) is 54.6 Å². The standard InChI is InChI=1S/C25H23BrN2O4/c1-30-22-13-18(14-23(31-2)24(22)32-3)25(29)28-21(17-9-11-19(26)12-10-17)15-20(27-28)16-7-5-4-6-8-16/h4-14,21H,15H2,1-3H3. The van der Waals surface area contributed by atoms with Crippen LogP contribution >= 0.6 is 15.9 Å². The van der Waals surface area contributed by atoms with Crippen LogP contribution in [0.3, 0.4) is 0 Å². The van der Waals surface area contributed by atoms with E-state index in [2.05, 4.69) is 15.9 Å². The zero-order valence-electron chi connectivity index (χ0n) is 18.0. The fourth-order valence-electron chi connectivity index (χ4n) is 3.78. The number of ether oxygens (including phenoxy) is 3. The van der Waals surface area contributed by atoms with Gasteiger partial charge in [0.1, 0.15) is 0 Å². The first-order valence-electron chi connectivity index (χ1n) is 10.1. The Morgan fingerprint density at radius 1 is 0.938 bits per heavy atom. The van der Waals surface area contributed by atoms with Crippen molar-refractivity contribution < 1.29 is 19.0 Å². The average Bonchev–Trinajstić information content (AvgIpc) is 3.29. The van der Waals surface area contributed by atoms with Gasteiger partial charge in [0.05, 0.1) is 33.1 Å². The van der Waals surface area contributed by atoms with Crippen LogP contribution in [0.15, 0.2) is 76.3 Å². The molecule has 7 heteroatoms. The van der Waals surface area contributed by atoms with E-state index in [0.717, 1.165) is 21.3 Å².